The number of hydrogen-bond acceptors (Lipinski definition) is 2. The molecule has 0 aliphatic carbocycles. The molecule has 0 aromatic heterocycles. The standard InChI is InChI=1S/C19H17NO/c20-14-8-7-13-18(16-9-3-1-4-10-16)15-19(21)17-11-5-2-6-12-17/h1-6,9-12,15H,7-8,13H2/b18-15+. The highest BCUT2D eigenvalue weighted by Crippen LogP contribution is 2.21. The van der Waals surface area contributed by atoms with Gasteiger partial charge >= 0.3 is 0 Å². The highest BCUT2D eigenvalue weighted by Gasteiger charge is 2.06. The number of rotatable bonds is 6. The topological polar surface area (TPSA) is 40.9 Å². The first-order chi connectivity index (χ1) is 10.3. The van der Waals surface area contributed by atoms with Crippen LogP contribution in [0.2, 0.25) is 0 Å². The van der Waals surface area contributed by atoms with Gasteiger partial charge in [-0.1, -0.05) is 60.7 Å². The Bertz CT molecular complexity index is 651. The van der Waals surface area contributed by atoms with E-state index in [9.17, 15) is 4.79 Å². The zero-order chi connectivity index (χ0) is 14.9. The van der Waals surface area contributed by atoms with E-state index < -0.39 is 0 Å². The maximum absolute atomic E-state index is 12.3. The van der Waals surface area contributed by atoms with Crippen molar-refractivity contribution < 1.29 is 4.79 Å². The smallest absolute Gasteiger partial charge is 0.186 e. The second kappa shape index (κ2) is 7.81. The predicted molar refractivity (Wildman–Crippen MR) is 84.7 cm³/mol. The second-order valence-corrected chi connectivity index (χ2v) is 4.78. The molecule has 0 saturated carbocycles. The summed E-state index contributed by atoms with van der Waals surface area (Å²) in [5, 5.41) is 8.67. The van der Waals surface area contributed by atoms with Crippen LogP contribution in [0.25, 0.3) is 5.57 Å². The second-order valence-electron chi connectivity index (χ2n) is 4.78. The molecule has 0 aliphatic rings. The number of nitrogens with zero attached hydrogens (tertiary/aromatic N) is 1. The number of carbonyl (C=O) groups is 1. The Kier molecular flexibility index (Phi) is 5.49. The molecule has 2 heteroatoms. The van der Waals surface area contributed by atoms with Gasteiger partial charge in [0.1, 0.15) is 0 Å². The monoisotopic (exact) mass is 275 g/mol. The maximum Gasteiger partial charge on any atom is 0.186 e. The van der Waals surface area contributed by atoms with Crippen LogP contribution in [-0.4, -0.2) is 5.78 Å². The van der Waals surface area contributed by atoms with E-state index in [4.69, 9.17) is 5.26 Å². The van der Waals surface area contributed by atoms with Crippen molar-refractivity contribution >= 4 is 11.4 Å². The van der Waals surface area contributed by atoms with E-state index in [2.05, 4.69) is 6.07 Å². The Hall–Kier alpha value is -2.66. The van der Waals surface area contributed by atoms with Crippen LogP contribution in [0.15, 0.2) is 66.7 Å². The Morgan fingerprint density at radius 2 is 1.52 bits per heavy atom. The molecule has 0 aliphatic heterocycles. The molecule has 0 amide bonds. The first-order valence-corrected chi connectivity index (χ1v) is 7.03. The first-order valence-electron chi connectivity index (χ1n) is 7.03. The Morgan fingerprint density at radius 3 is 2.10 bits per heavy atom. The minimum absolute atomic E-state index is 0.00594. The lowest BCUT2D eigenvalue weighted by atomic mass is 9.97. The molecule has 0 bridgehead atoms. The Labute approximate surface area is 125 Å². The molecular formula is C19H17NO. The maximum atomic E-state index is 12.3. The summed E-state index contributed by atoms with van der Waals surface area (Å²) in [6.07, 6.45) is 3.70. The molecule has 0 unspecified atom stereocenters. The van der Waals surface area contributed by atoms with E-state index in [0.29, 0.717) is 12.0 Å². The zero-order valence-electron chi connectivity index (χ0n) is 11.8. The molecule has 0 N–H and O–H groups in total. The predicted octanol–water partition coefficient (Wildman–Crippen LogP) is 4.65. The molecule has 0 atom stereocenters. The third-order valence-electron chi connectivity index (χ3n) is 3.24. The van der Waals surface area contributed by atoms with Crippen LogP contribution in [0.3, 0.4) is 0 Å². The molecule has 0 heterocycles. The van der Waals surface area contributed by atoms with Crippen LogP contribution in [0.5, 0.6) is 0 Å². The van der Waals surface area contributed by atoms with Gasteiger partial charge in [0.05, 0.1) is 6.07 Å². The highest BCUT2D eigenvalue weighted by atomic mass is 16.1. The molecular weight excluding hydrogens is 258 g/mol. The van der Waals surface area contributed by atoms with Crippen molar-refractivity contribution in [2.24, 2.45) is 0 Å². The van der Waals surface area contributed by atoms with Crippen molar-refractivity contribution in [1.29, 1.82) is 5.26 Å². The molecule has 2 nitrogen and oxygen atoms in total. The molecule has 0 saturated heterocycles. The van der Waals surface area contributed by atoms with Crippen molar-refractivity contribution in [2.75, 3.05) is 0 Å². The van der Waals surface area contributed by atoms with Gasteiger partial charge < -0.3 is 0 Å². The molecule has 2 aromatic carbocycles. The fourth-order valence-corrected chi connectivity index (χ4v) is 2.15. The highest BCUT2D eigenvalue weighted by molar-refractivity contribution is 6.08. The first kappa shape index (κ1) is 14.7. The fraction of sp³-hybridized carbons (Fsp3) is 0.158. The van der Waals surface area contributed by atoms with Crippen LogP contribution in [0.1, 0.15) is 35.2 Å². The van der Waals surface area contributed by atoms with Crippen molar-refractivity contribution in [2.45, 2.75) is 19.3 Å². The van der Waals surface area contributed by atoms with Crippen molar-refractivity contribution in [1.82, 2.24) is 0 Å². The van der Waals surface area contributed by atoms with Crippen LogP contribution >= 0.6 is 0 Å². The average Bonchev–Trinajstić information content (AvgIpc) is 2.55. The van der Waals surface area contributed by atoms with Crippen LogP contribution < -0.4 is 0 Å². The largest absolute Gasteiger partial charge is 0.289 e. The molecule has 2 aromatic rings. The summed E-state index contributed by atoms with van der Waals surface area (Å²) in [6.45, 7) is 0. The van der Waals surface area contributed by atoms with Gasteiger partial charge in [-0.2, -0.15) is 5.26 Å². The summed E-state index contributed by atoms with van der Waals surface area (Å²) in [5.41, 5.74) is 2.71. The molecule has 21 heavy (non-hydrogen) atoms. The minimum atomic E-state index is 0.00594. The number of nitriles is 1. The third kappa shape index (κ3) is 4.43. The Morgan fingerprint density at radius 1 is 0.952 bits per heavy atom. The van der Waals surface area contributed by atoms with E-state index >= 15 is 0 Å². The quantitative estimate of drug-likeness (QED) is 0.437. The van der Waals surface area contributed by atoms with Crippen LogP contribution in [0, 0.1) is 11.3 Å². The fourth-order valence-electron chi connectivity index (χ4n) is 2.15. The summed E-state index contributed by atoms with van der Waals surface area (Å²) < 4.78 is 0. The van der Waals surface area contributed by atoms with Gasteiger partial charge in [0.25, 0.3) is 0 Å². The number of hydrogen-bond donors (Lipinski definition) is 0. The van der Waals surface area contributed by atoms with E-state index in [0.717, 1.165) is 24.0 Å². The summed E-state index contributed by atoms with van der Waals surface area (Å²) in [4.78, 5) is 12.3. The third-order valence-corrected chi connectivity index (χ3v) is 3.24. The lowest BCUT2D eigenvalue weighted by Gasteiger charge is -2.07. The zero-order valence-corrected chi connectivity index (χ0v) is 11.8. The summed E-state index contributed by atoms with van der Waals surface area (Å²) in [5.74, 6) is 0.00594. The van der Waals surface area contributed by atoms with Crippen LogP contribution in [-0.2, 0) is 0 Å². The SMILES string of the molecule is N#CCCC/C(=C\C(=O)c1ccccc1)c1ccccc1. The van der Waals surface area contributed by atoms with E-state index in [1.807, 2.05) is 60.7 Å². The van der Waals surface area contributed by atoms with Gasteiger partial charge in [-0.15, -0.1) is 0 Å². The average molecular weight is 275 g/mol. The van der Waals surface area contributed by atoms with E-state index in [1.165, 1.54) is 0 Å². The summed E-state index contributed by atoms with van der Waals surface area (Å²) >= 11 is 0. The Balaban J connectivity index is 2.24. The van der Waals surface area contributed by atoms with Gasteiger partial charge in [-0.3, -0.25) is 4.79 Å². The van der Waals surface area contributed by atoms with Crippen molar-refractivity contribution in [3.8, 4) is 6.07 Å². The van der Waals surface area contributed by atoms with Gasteiger partial charge in [-0.05, 0) is 30.1 Å². The lowest BCUT2D eigenvalue weighted by Crippen LogP contribution is -1.96. The lowest BCUT2D eigenvalue weighted by molar-refractivity contribution is 0.104. The molecule has 2 rings (SSSR count). The van der Waals surface area contributed by atoms with Gasteiger partial charge in [0.15, 0.2) is 5.78 Å². The van der Waals surface area contributed by atoms with Gasteiger partial charge in [0, 0.05) is 12.0 Å². The molecule has 0 spiro atoms. The van der Waals surface area contributed by atoms with Crippen molar-refractivity contribution in [3.63, 3.8) is 0 Å². The van der Waals surface area contributed by atoms with Gasteiger partial charge in [-0.25, -0.2) is 0 Å². The number of benzene rings is 2. The van der Waals surface area contributed by atoms with Crippen LogP contribution in [0.4, 0.5) is 0 Å². The number of carbonyl (C=O) groups excluding carboxylic acids is 1. The number of allylic oxidation sites excluding steroid dienone is 2. The van der Waals surface area contributed by atoms with E-state index in [-0.39, 0.29) is 5.78 Å². The minimum Gasteiger partial charge on any atom is -0.289 e. The number of unbranched alkanes of at least 4 members (excludes halogenated alkanes) is 1. The molecule has 104 valence electrons. The molecule has 0 radical (unpaired) electrons. The van der Waals surface area contributed by atoms with Crippen molar-refractivity contribution in [3.05, 3.63) is 77.9 Å². The van der Waals surface area contributed by atoms with Gasteiger partial charge in [0.2, 0.25) is 0 Å². The summed E-state index contributed by atoms with van der Waals surface area (Å²) in [6, 6.07) is 21.3. The number of ketones is 1. The summed E-state index contributed by atoms with van der Waals surface area (Å²) in [7, 11) is 0. The molecule has 0 fully saturated rings. The van der Waals surface area contributed by atoms with E-state index in [1.54, 1.807) is 6.08 Å². The normalized spacial score (nSPS) is 10.9.